The smallest absolute Gasteiger partial charge is 0.317 e. The third kappa shape index (κ3) is 4.32. The zero-order valence-corrected chi connectivity index (χ0v) is 13.0. The molecular formula is C15H20ClFN2O2. The van der Waals surface area contributed by atoms with Gasteiger partial charge in [0.15, 0.2) is 0 Å². The van der Waals surface area contributed by atoms with Crippen LogP contribution in [0.4, 0.5) is 9.18 Å². The SMILES string of the molecule is C[C@@H](NC(=O)N(C)Cc1ccc(Cl)c(F)c1)[C@@H]1CCOC1. The molecule has 0 saturated carbocycles. The van der Waals surface area contributed by atoms with Gasteiger partial charge >= 0.3 is 6.03 Å². The summed E-state index contributed by atoms with van der Waals surface area (Å²) in [5.41, 5.74) is 0.700. The Hall–Kier alpha value is -1.33. The number of nitrogens with zero attached hydrogens (tertiary/aromatic N) is 1. The lowest BCUT2D eigenvalue weighted by molar-refractivity contribution is 0.173. The maximum Gasteiger partial charge on any atom is 0.317 e. The van der Waals surface area contributed by atoms with Crippen molar-refractivity contribution in [3.05, 3.63) is 34.6 Å². The summed E-state index contributed by atoms with van der Waals surface area (Å²) in [5.74, 6) is -0.116. The normalized spacial score (nSPS) is 19.3. The standard InChI is InChI=1S/C15H20ClFN2O2/c1-10(12-5-6-21-9-12)18-15(20)19(2)8-11-3-4-13(16)14(17)7-11/h3-4,7,10,12H,5-6,8-9H2,1-2H3,(H,18,20)/t10-,12-/m1/s1. The van der Waals surface area contributed by atoms with E-state index in [0.29, 0.717) is 24.6 Å². The van der Waals surface area contributed by atoms with Gasteiger partial charge in [-0.05, 0) is 31.0 Å². The molecule has 2 amide bonds. The van der Waals surface area contributed by atoms with E-state index in [0.717, 1.165) is 13.0 Å². The van der Waals surface area contributed by atoms with Crippen molar-refractivity contribution < 1.29 is 13.9 Å². The molecule has 1 fully saturated rings. The molecule has 0 radical (unpaired) electrons. The van der Waals surface area contributed by atoms with E-state index < -0.39 is 5.82 Å². The molecule has 116 valence electrons. The van der Waals surface area contributed by atoms with Gasteiger partial charge in [0, 0.05) is 32.2 Å². The highest BCUT2D eigenvalue weighted by atomic mass is 35.5. The number of halogens is 2. The van der Waals surface area contributed by atoms with Gasteiger partial charge in [0.25, 0.3) is 0 Å². The fourth-order valence-electron chi connectivity index (χ4n) is 2.35. The number of urea groups is 1. The highest BCUT2D eigenvalue weighted by molar-refractivity contribution is 6.30. The van der Waals surface area contributed by atoms with Crippen LogP contribution in [0.3, 0.4) is 0 Å². The molecule has 6 heteroatoms. The van der Waals surface area contributed by atoms with Crippen LogP contribution in [0, 0.1) is 11.7 Å². The number of rotatable bonds is 4. The van der Waals surface area contributed by atoms with Crippen LogP contribution in [-0.4, -0.2) is 37.2 Å². The second kappa shape index (κ2) is 7.09. The molecule has 1 saturated heterocycles. The van der Waals surface area contributed by atoms with Gasteiger partial charge < -0.3 is 15.0 Å². The zero-order chi connectivity index (χ0) is 15.4. The molecule has 0 unspecified atom stereocenters. The Morgan fingerprint density at radius 1 is 1.62 bits per heavy atom. The number of amides is 2. The summed E-state index contributed by atoms with van der Waals surface area (Å²) in [6, 6.07) is 4.44. The van der Waals surface area contributed by atoms with Crippen LogP contribution in [0.1, 0.15) is 18.9 Å². The number of carbonyl (C=O) groups excluding carboxylic acids is 1. The van der Waals surface area contributed by atoms with Gasteiger partial charge in [-0.25, -0.2) is 9.18 Å². The largest absolute Gasteiger partial charge is 0.381 e. The van der Waals surface area contributed by atoms with E-state index in [1.54, 1.807) is 13.1 Å². The summed E-state index contributed by atoms with van der Waals surface area (Å²) in [6.45, 7) is 3.75. The van der Waals surface area contributed by atoms with E-state index in [4.69, 9.17) is 16.3 Å². The van der Waals surface area contributed by atoms with Crippen LogP contribution >= 0.6 is 11.6 Å². The molecule has 1 N–H and O–H groups in total. The van der Waals surface area contributed by atoms with Crippen molar-refractivity contribution in [2.75, 3.05) is 20.3 Å². The monoisotopic (exact) mass is 314 g/mol. The van der Waals surface area contributed by atoms with Gasteiger partial charge in [-0.2, -0.15) is 0 Å². The van der Waals surface area contributed by atoms with Crippen LogP contribution in [0.2, 0.25) is 5.02 Å². The van der Waals surface area contributed by atoms with Crippen molar-refractivity contribution in [3.8, 4) is 0 Å². The lowest BCUT2D eigenvalue weighted by Gasteiger charge is -2.24. The number of nitrogens with one attached hydrogen (secondary N) is 1. The van der Waals surface area contributed by atoms with Crippen molar-refractivity contribution in [2.45, 2.75) is 25.9 Å². The van der Waals surface area contributed by atoms with Gasteiger partial charge in [0.1, 0.15) is 5.82 Å². The Kier molecular flexibility index (Phi) is 5.42. The van der Waals surface area contributed by atoms with E-state index in [2.05, 4.69) is 5.32 Å². The lowest BCUT2D eigenvalue weighted by Crippen LogP contribution is -2.44. The first-order chi connectivity index (χ1) is 9.97. The van der Waals surface area contributed by atoms with Crippen molar-refractivity contribution in [1.82, 2.24) is 10.2 Å². The molecule has 2 rings (SSSR count). The fraction of sp³-hybridized carbons (Fsp3) is 0.533. The average molecular weight is 315 g/mol. The summed E-state index contributed by atoms with van der Waals surface area (Å²) in [5, 5.41) is 3.04. The van der Waals surface area contributed by atoms with E-state index in [9.17, 15) is 9.18 Å². The molecule has 0 bridgehead atoms. The van der Waals surface area contributed by atoms with Crippen LogP contribution in [0.5, 0.6) is 0 Å². The summed E-state index contributed by atoms with van der Waals surface area (Å²) in [4.78, 5) is 13.6. The van der Waals surface area contributed by atoms with Crippen molar-refractivity contribution in [2.24, 2.45) is 5.92 Å². The van der Waals surface area contributed by atoms with Crippen molar-refractivity contribution in [3.63, 3.8) is 0 Å². The van der Waals surface area contributed by atoms with Crippen molar-refractivity contribution in [1.29, 1.82) is 0 Å². The van der Waals surface area contributed by atoms with E-state index in [1.165, 1.54) is 17.0 Å². The summed E-state index contributed by atoms with van der Waals surface area (Å²) >= 11 is 5.64. The van der Waals surface area contributed by atoms with E-state index in [1.807, 2.05) is 6.92 Å². The predicted octanol–water partition coefficient (Wildman–Crippen LogP) is 3.05. The first kappa shape index (κ1) is 16.0. The summed E-state index contributed by atoms with van der Waals surface area (Å²) < 4.78 is 18.7. The van der Waals surface area contributed by atoms with Crippen LogP contribution < -0.4 is 5.32 Å². The van der Waals surface area contributed by atoms with Crippen LogP contribution in [0.15, 0.2) is 18.2 Å². The van der Waals surface area contributed by atoms with Crippen molar-refractivity contribution >= 4 is 17.6 Å². The molecule has 1 aromatic rings. The third-order valence-electron chi connectivity index (χ3n) is 3.77. The predicted molar refractivity (Wildman–Crippen MR) is 79.8 cm³/mol. The molecule has 0 spiro atoms. The maximum atomic E-state index is 13.4. The van der Waals surface area contributed by atoms with Crippen LogP contribution in [0.25, 0.3) is 0 Å². The number of benzene rings is 1. The van der Waals surface area contributed by atoms with Gasteiger partial charge in [0.05, 0.1) is 11.6 Å². The molecule has 2 atom stereocenters. The molecule has 0 aliphatic carbocycles. The highest BCUT2D eigenvalue weighted by Gasteiger charge is 2.24. The second-order valence-corrected chi connectivity index (χ2v) is 5.87. The Bertz CT molecular complexity index is 506. The molecule has 0 aromatic heterocycles. The molecule has 1 aromatic carbocycles. The van der Waals surface area contributed by atoms with Gasteiger partial charge in [0.2, 0.25) is 0 Å². The van der Waals surface area contributed by atoms with E-state index in [-0.39, 0.29) is 17.1 Å². The summed E-state index contributed by atoms with van der Waals surface area (Å²) in [6.07, 6.45) is 0.966. The lowest BCUT2D eigenvalue weighted by atomic mass is 10.0. The molecule has 1 aliphatic heterocycles. The number of ether oxygens (including phenoxy) is 1. The minimum absolute atomic E-state index is 0.0596. The highest BCUT2D eigenvalue weighted by Crippen LogP contribution is 2.18. The van der Waals surface area contributed by atoms with Gasteiger partial charge in [-0.1, -0.05) is 17.7 Å². The maximum absolute atomic E-state index is 13.4. The number of hydrogen-bond donors (Lipinski definition) is 1. The first-order valence-corrected chi connectivity index (χ1v) is 7.38. The Balaban J connectivity index is 1.88. The average Bonchev–Trinajstić information content (AvgIpc) is 2.97. The molecule has 21 heavy (non-hydrogen) atoms. The summed E-state index contributed by atoms with van der Waals surface area (Å²) in [7, 11) is 1.68. The molecule has 1 aliphatic rings. The third-order valence-corrected chi connectivity index (χ3v) is 4.08. The minimum Gasteiger partial charge on any atom is -0.381 e. The quantitative estimate of drug-likeness (QED) is 0.928. The van der Waals surface area contributed by atoms with Gasteiger partial charge in [-0.15, -0.1) is 0 Å². The first-order valence-electron chi connectivity index (χ1n) is 7.00. The molecule has 4 nitrogen and oxygen atoms in total. The fourth-order valence-corrected chi connectivity index (χ4v) is 2.47. The minimum atomic E-state index is -0.473. The van der Waals surface area contributed by atoms with Gasteiger partial charge in [-0.3, -0.25) is 0 Å². The Morgan fingerprint density at radius 2 is 2.38 bits per heavy atom. The molecular weight excluding hydrogens is 295 g/mol. The number of carbonyl (C=O) groups is 1. The number of hydrogen-bond acceptors (Lipinski definition) is 2. The topological polar surface area (TPSA) is 41.6 Å². The second-order valence-electron chi connectivity index (χ2n) is 5.47. The zero-order valence-electron chi connectivity index (χ0n) is 12.2. The Labute approximate surface area is 129 Å². The van der Waals surface area contributed by atoms with E-state index >= 15 is 0 Å². The van der Waals surface area contributed by atoms with Crippen LogP contribution in [-0.2, 0) is 11.3 Å². The molecule has 1 heterocycles. The Morgan fingerprint density at radius 3 is 3.00 bits per heavy atom.